The van der Waals surface area contributed by atoms with Crippen LogP contribution in [0.25, 0.3) is 0 Å². The maximum absolute atomic E-state index is 9.24. The van der Waals surface area contributed by atoms with Crippen LogP contribution < -0.4 is 21.6 Å². The molecule has 5 N–H and O–H groups in total. The fourth-order valence-electron chi connectivity index (χ4n) is 1.56. The SMILES string of the molecule is N=c1nc(N2CCNCC2)cc(N)n1O. The molecule has 1 aromatic heterocycles. The third-order valence-corrected chi connectivity index (χ3v) is 2.38. The fraction of sp³-hybridized carbons (Fsp3) is 0.500. The molecule has 82 valence electrons. The molecule has 1 aliphatic rings. The molecule has 1 aromatic rings. The smallest absolute Gasteiger partial charge is 0.259 e. The summed E-state index contributed by atoms with van der Waals surface area (Å²) in [4.78, 5) is 5.99. The van der Waals surface area contributed by atoms with Crippen LogP contribution in [0.15, 0.2) is 6.07 Å². The molecule has 0 radical (unpaired) electrons. The van der Waals surface area contributed by atoms with Crippen molar-refractivity contribution in [3.8, 4) is 0 Å². The molecule has 0 saturated carbocycles. The second-order valence-electron chi connectivity index (χ2n) is 3.41. The van der Waals surface area contributed by atoms with Crippen LogP contribution in [-0.4, -0.2) is 41.1 Å². The summed E-state index contributed by atoms with van der Waals surface area (Å²) >= 11 is 0. The fourth-order valence-corrected chi connectivity index (χ4v) is 1.56. The number of nitrogen functional groups attached to an aromatic ring is 1. The highest BCUT2D eigenvalue weighted by Crippen LogP contribution is 2.11. The molecule has 2 heterocycles. The number of hydrogen-bond acceptors (Lipinski definition) is 6. The van der Waals surface area contributed by atoms with Crippen LogP contribution in [0.3, 0.4) is 0 Å². The average Bonchev–Trinajstić information content (AvgIpc) is 2.26. The standard InChI is InChI=1S/C8H14N6O/c9-6-5-7(12-8(10)14(6)15)13-3-1-11-2-4-13/h5,10-11,15H,1-4,9H2. The van der Waals surface area contributed by atoms with Crippen LogP contribution in [-0.2, 0) is 0 Å². The number of aromatic nitrogens is 2. The number of nitrogens with zero attached hydrogens (tertiary/aromatic N) is 3. The Morgan fingerprint density at radius 2 is 2.13 bits per heavy atom. The quantitative estimate of drug-likeness (QED) is 0.426. The Bertz CT molecular complexity index is 408. The lowest BCUT2D eigenvalue weighted by Crippen LogP contribution is -2.44. The van der Waals surface area contributed by atoms with Gasteiger partial charge in [-0.15, -0.1) is 4.73 Å². The minimum absolute atomic E-state index is 0.128. The van der Waals surface area contributed by atoms with E-state index >= 15 is 0 Å². The maximum Gasteiger partial charge on any atom is 0.259 e. The summed E-state index contributed by atoms with van der Waals surface area (Å²) in [6, 6.07) is 1.57. The number of anilines is 2. The van der Waals surface area contributed by atoms with E-state index in [0.29, 0.717) is 10.5 Å². The molecule has 2 rings (SSSR count). The van der Waals surface area contributed by atoms with E-state index in [1.165, 1.54) is 0 Å². The van der Waals surface area contributed by atoms with Gasteiger partial charge in [0.1, 0.15) is 11.6 Å². The van der Waals surface area contributed by atoms with Crippen molar-refractivity contribution >= 4 is 11.6 Å². The van der Waals surface area contributed by atoms with Crippen LogP contribution >= 0.6 is 0 Å². The molecule has 0 bridgehead atoms. The van der Waals surface area contributed by atoms with E-state index in [-0.39, 0.29) is 11.4 Å². The lowest BCUT2D eigenvalue weighted by molar-refractivity contribution is 0.171. The van der Waals surface area contributed by atoms with Gasteiger partial charge in [0.2, 0.25) is 0 Å². The van der Waals surface area contributed by atoms with E-state index in [4.69, 9.17) is 11.1 Å². The summed E-state index contributed by atoms with van der Waals surface area (Å²) in [5.74, 6) is 0.771. The van der Waals surface area contributed by atoms with Gasteiger partial charge in [0.05, 0.1) is 0 Å². The van der Waals surface area contributed by atoms with Gasteiger partial charge in [-0.05, 0) is 0 Å². The highest BCUT2D eigenvalue weighted by Gasteiger charge is 2.13. The van der Waals surface area contributed by atoms with E-state index in [0.717, 1.165) is 26.2 Å². The summed E-state index contributed by atoms with van der Waals surface area (Å²) < 4.78 is 0.561. The van der Waals surface area contributed by atoms with E-state index in [1.807, 2.05) is 4.90 Å². The normalized spacial score (nSPS) is 16.7. The highest BCUT2D eigenvalue weighted by molar-refractivity contribution is 5.46. The molecule has 0 aromatic carbocycles. The van der Waals surface area contributed by atoms with E-state index in [1.54, 1.807) is 6.07 Å². The maximum atomic E-state index is 9.24. The van der Waals surface area contributed by atoms with Crippen molar-refractivity contribution in [2.45, 2.75) is 0 Å². The second kappa shape index (κ2) is 3.77. The summed E-state index contributed by atoms with van der Waals surface area (Å²) in [6.07, 6.45) is 0. The zero-order valence-electron chi connectivity index (χ0n) is 8.27. The van der Waals surface area contributed by atoms with Crippen molar-refractivity contribution in [1.82, 2.24) is 15.0 Å². The van der Waals surface area contributed by atoms with Crippen LogP contribution in [0.1, 0.15) is 0 Å². The van der Waals surface area contributed by atoms with Gasteiger partial charge >= 0.3 is 0 Å². The molecule has 7 nitrogen and oxygen atoms in total. The highest BCUT2D eigenvalue weighted by atomic mass is 16.5. The topological polar surface area (TPSA) is 103 Å². The first-order valence-corrected chi connectivity index (χ1v) is 4.77. The number of nitrogens with two attached hydrogens (primary N) is 1. The van der Waals surface area contributed by atoms with Gasteiger partial charge in [0.25, 0.3) is 5.62 Å². The van der Waals surface area contributed by atoms with Crippen LogP contribution in [0.4, 0.5) is 11.6 Å². The Morgan fingerprint density at radius 3 is 2.73 bits per heavy atom. The Labute approximate surface area is 86.6 Å². The zero-order valence-corrected chi connectivity index (χ0v) is 8.27. The van der Waals surface area contributed by atoms with Gasteiger partial charge in [-0.1, -0.05) is 0 Å². The van der Waals surface area contributed by atoms with Crippen LogP contribution in [0, 0.1) is 5.41 Å². The van der Waals surface area contributed by atoms with E-state index in [9.17, 15) is 5.21 Å². The molecule has 1 fully saturated rings. The first-order chi connectivity index (χ1) is 7.18. The molecular formula is C8H14N6O. The van der Waals surface area contributed by atoms with Gasteiger partial charge in [0, 0.05) is 32.2 Å². The lowest BCUT2D eigenvalue weighted by atomic mass is 10.3. The van der Waals surface area contributed by atoms with Gasteiger partial charge < -0.3 is 21.2 Å². The van der Waals surface area contributed by atoms with E-state index < -0.39 is 0 Å². The molecule has 1 saturated heterocycles. The average molecular weight is 210 g/mol. The molecule has 15 heavy (non-hydrogen) atoms. The molecule has 0 amide bonds. The minimum atomic E-state index is -0.247. The van der Waals surface area contributed by atoms with Crippen LogP contribution in [0.5, 0.6) is 0 Å². The third-order valence-electron chi connectivity index (χ3n) is 2.38. The summed E-state index contributed by atoms with van der Waals surface area (Å²) in [5, 5.41) is 19.9. The third kappa shape index (κ3) is 1.86. The van der Waals surface area contributed by atoms with Gasteiger partial charge in [-0.3, -0.25) is 5.41 Å². The Hall–Kier alpha value is -1.76. The first-order valence-electron chi connectivity index (χ1n) is 4.77. The summed E-state index contributed by atoms with van der Waals surface area (Å²) in [6.45, 7) is 3.45. The van der Waals surface area contributed by atoms with Gasteiger partial charge in [0.15, 0.2) is 0 Å². The molecule has 0 aliphatic carbocycles. The van der Waals surface area contributed by atoms with Crippen molar-refractivity contribution in [3.63, 3.8) is 0 Å². The van der Waals surface area contributed by atoms with Crippen molar-refractivity contribution in [3.05, 3.63) is 11.7 Å². The molecular weight excluding hydrogens is 196 g/mol. The predicted octanol–water partition coefficient (Wildman–Crippen LogP) is -1.41. The molecule has 1 aliphatic heterocycles. The van der Waals surface area contributed by atoms with Crippen molar-refractivity contribution in [2.24, 2.45) is 0 Å². The number of piperazine rings is 1. The van der Waals surface area contributed by atoms with Crippen molar-refractivity contribution in [1.29, 1.82) is 5.41 Å². The molecule has 0 spiro atoms. The van der Waals surface area contributed by atoms with Gasteiger partial charge in [-0.2, -0.15) is 4.98 Å². The first kappa shape index (κ1) is 9.78. The lowest BCUT2D eigenvalue weighted by Gasteiger charge is -2.28. The van der Waals surface area contributed by atoms with Crippen molar-refractivity contribution < 1.29 is 5.21 Å². The predicted molar refractivity (Wildman–Crippen MR) is 54.8 cm³/mol. The second-order valence-corrected chi connectivity index (χ2v) is 3.41. The van der Waals surface area contributed by atoms with Crippen molar-refractivity contribution in [2.75, 3.05) is 36.8 Å². The van der Waals surface area contributed by atoms with Gasteiger partial charge in [-0.25, -0.2) is 0 Å². The number of hydrogen-bond donors (Lipinski definition) is 4. The van der Waals surface area contributed by atoms with E-state index in [2.05, 4.69) is 10.3 Å². The molecule has 0 unspecified atom stereocenters. The minimum Gasteiger partial charge on any atom is -0.423 e. The Balaban J connectivity index is 2.32. The summed E-state index contributed by atoms with van der Waals surface area (Å²) in [5.41, 5.74) is 5.29. The zero-order chi connectivity index (χ0) is 10.8. The largest absolute Gasteiger partial charge is 0.423 e. The molecule has 0 atom stereocenters. The summed E-state index contributed by atoms with van der Waals surface area (Å²) in [7, 11) is 0. The number of nitrogens with one attached hydrogen (secondary N) is 2. The number of rotatable bonds is 1. The Kier molecular flexibility index (Phi) is 2.46. The van der Waals surface area contributed by atoms with Crippen LogP contribution in [0.2, 0.25) is 0 Å². The molecule has 7 heteroatoms. The Morgan fingerprint density at radius 1 is 1.47 bits per heavy atom. The monoisotopic (exact) mass is 210 g/mol.